The smallest absolute Gasteiger partial charge is 0.328 e. The van der Waals surface area contributed by atoms with E-state index >= 15 is 0 Å². The molecule has 3 aromatic rings. The van der Waals surface area contributed by atoms with E-state index < -0.39 is 17.9 Å². The van der Waals surface area contributed by atoms with Crippen molar-refractivity contribution in [2.24, 2.45) is 16.6 Å². The molecular weight excluding hydrogens is 547 g/mol. The van der Waals surface area contributed by atoms with Crippen molar-refractivity contribution in [1.82, 2.24) is 10.2 Å². The number of nitrogens with two attached hydrogens (primary N) is 1. The van der Waals surface area contributed by atoms with Crippen LogP contribution in [0, 0.1) is 5.92 Å². The number of halogens is 2. The zero-order chi connectivity index (χ0) is 27.2. The number of carbonyl (C=O) groups excluding carboxylic acids is 2. The van der Waals surface area contributed by atoms with E-state index in [1.54, 1.807) is 35.2 Å². The van der Waals surface area contributed by atoms with Crippen molar-refractivity contribution in [3.63, 3.8) is 0 Å². The first-order valence-corrected chi connectivity index (χ1v) is 13.6. The quantitative estimate of drug-likeness (QED) is 0.209. The Morgan fingerprint density at radius 1 is 1.16 bits per heavy atom. The van der Waals surface area contributed by atoms with Crippen molar-refractivity contribution in [3.8, 4) is 0 Å². The maximum atomic E-state index is 12.8. The Labute approximate surface area is 233 Å². The number of amides is 2. The Bertz CT molecular complexity index is 1400. The van der Waals surface area contributed by atoms with Gasteiger partial charge in [0.15, 0.2) is 0 Å². The molecule has 2 amide bonds. The molecule has 8 nitrogen and oxygen atoms in total. The van der Waals surface area contributed by atoms with Crippen LogP contribution in [0.1, 0.15) is 24.0 Å². The molecule has 0 aliphatic carbocycles. The second kappa shape index (κ2) is 12.4. The molecule has 0 spiro atoms. The van der Waals surface area contributed by atoms with Crippen LogP contribution in [0.2, 0.25) is 10.0 Å². The number of likely N-dealkylation sites (tertiary alicyclic amines) is 1. The van der Waals surface area contributed by atoms with Crippen molar-refractivity contribution >= 4 is 74.3 Å². The summed E-state index contributed by atoms with van der Waals surface area (Å²) in [5, 5.41) is 15.9. The Balaban J connectivity index is 1.31. The number of carbonyl (C=O) groups is 3. The molecule has 1 fully saturated rings. The second-order valence-corrected chi connectivity index (χ2v) is 10.5. The van der Waals surface area contributed by atoms with E-state index in [0.29, 0.717) is 47.1 Å². The molecule has 0 radical (unpaired) electrons. The first-order chi connectivity index (χ1) is 18.2. The minimum absolute atomic E-state index is 0.187. The summed E-state index contributed by atoms with van der Waals surface area (Å²) in [6.07, 6.45) is 3.93. The highest BCUT2D eigenvalue weighted by Gasteiger charge is 2.29. The lowest BCUT2D eigenvalue weighted by molar-refractivity contribution is -0.142. The van der Waals surface area contributed by atoms with Crippen molar-refractivity contribution in [2.45, 2.75) is 18.9 Å². The maximum Gasteiger partial charge on any atom is 0.328 e. The summed E-state index contributed by atoms with van der Waals surface area (Å²) in [6.45, 7) is 0.556. The van der Waals surface area contributed by atoms with E-state index in [1.165, 1.54) is 17.4 Å². The normalized spacial score (nSPS) is 15.6. The number of piperidine rings is 1. The van der Waals surface area contributed by atoms with Crippen LogP contribution in [0.25, 0.3) is 16.2 Å². The van der Waals surface area contributed by atoms with Crippen LogP contribution in [-0.2, 0) is 14.4 Å². The molecule has 1 aromatic heterocycles. The summed E-state index contributed by atoms with van der Waals surface area (Å²) in [5.74, 6) is -1.98. The number of nitrogens with zero attached hydrogens (tertiary/aromatic N) is 2. The van der Waals surface area contributed by atoms with Gasteiger partial charge in [-0.25, -0.2) is 4.79 Å². The number of carboxylic acid groups (broad SMARTS) is 1. The predicted octanol–water partition coefficient (Wildman–Crippen LogP) is 4.43. The zero-order valence-corrected chi connectivity index (χ0v) is 22.6. The van der Waals surface area contributed by atoms with Crippen LogP contribution in [0.15, 0.2) is 58.9 Å². The molecule has 0 unspecified atom stereocenters. The monoisotopic (exact) mass is 572 g/mol. The molecule has 38 heavy (non-hydrogen) atoms. The summed E-state index contributed by atoms with van der Waals surface area (Å²) in [5.41, 5.74) is 7.27. The largest absolute Gasteiger partial charge is 0.480 e. The third-order valence-corrected chi connectivity index (χ3v) is 8.31. The number of thiophene rings is 1. The number of carboxylic acids is 1. The molecule has 0 bridgehead atoms. The number of aliphatic imine (C=N–C) groups is 1. The second-order valence-electron chi connectivity index (χ2n) is 8.86. The Morgan fingerprint density at radius 2 is 1.87 bits per heavy atom. The lowest BCUT2D eigenvalue weighted by Crippen LogP contribution is -2.48. The lowest BCUT2D eigenvalue weighted by atomic mass is 9.95. The average Bonchev–Trinajstić information content (AvgIpc) is 3.41. The molecule has 1 atom stereocenters. The molecule has 2 heterocycles. The van der Waals surface area contributed by atoms with Crippen molar-refractivity contribution in [1.29, 1.82) is 0 Å². The average molecular weight is 574 g/mol. The minimum Gasteiger partial charge on any atom is -0.480 e. The number of hydrogen-bond donors (Lipinski definition) is 3. The van der Waals surface area contributed by atoms with Crippen molar-refractivity contribution in [3.05, 3.63) is 75.1 Å². The predicted molar refractivity (Wildman–Crippen MR) is 152 cm³/mol. The van der Waals surface area contributed by atoms with Gasteiger partial charge in [-0.3, -0.25) is 14.6 Å². The third-order valence-electron chi connectivity index (χ3n) is 6.36. The fraction of sp³-hybridized carbons (Fsp3) is 0.259. The van der Waals surface area contributed by atoms with Gasteiger partial charge in [0.05, 0.1) is 21.3 Å². The van der Waals surface area contributed by atoms with Crippen LogP contribution in [0.5, 0.6) is 0 Å². The molecule has 2 aromatic carbocycles. The Hall–Kier alpha value is -3.40. The van der Waals surface area contributed by atoms with E-state index in [2.05, 4.69) is 10.3 Å². The van der Waals surface area contributed by atoms with Gasteiger partial charge in [0, 0.05) is 30.6 Å². The number of nitrogens with one attached hydrogen (secondary N) is 1. The van der Waals surface area contributed by atoms with Gasteiger partial charge in [-0.15, -0.1) is 11.3 Å². The van der Waals surface area contributed by atoms with Gasteiger partial charge in [-0.05, 0) is 47.4 Å². The fourth-order valence-corrected chi connectivity index (χ4v) is 5.62. The van der Waals surface area contributed by atoms with Gasteiger partial charge in [-0.1, -0.05) is 53.5 Å². The number of fused-ring (bicyclic) bond motifs is 1. The molecule has 198 valence electrons. The number of hydrogen-bond acceptors (Lipinski definition) is 5. The number of benzene rings is 2. The van der Waals surface area contributed by atoms with Gasteiger partial charge in [0.2, 0.25) is 11.8 Å². The van der Waals surface area contributed by atoms with Gasteiger partial charge in [0.1, 0.15) is 11.9 Å². The summed E-state index contributed by atoms with van der Waals surface area (Å²) >= 11 is 14.2. The van der Waals surface area contributed by atoms with Gasteiger partial charge in [0.25, 0.3) is 0 Å². The topological polar surface area (TPSA) is 125 Å². The molecular formula is C27H26Cl2N4O4S. The summed E-state index contributed by atoms with van der Waals surface area (Å²) in [4.78, 5) is 43.0. The first-order valence-electron chi connectivity index (χ1n) is 11.9. The molecule has 1 aliphatic rings. The number of aliphatic carboxylic acids is 1. The maximum absolute atomic E-state index is 12.8. The van der Waals surface area contributed by atoms with Gasteiger partial charge >= 0.3 is 5.97 Å². The highest BCUT2D eigenvalue weighted by molar-refractivity contribution is 7.18. The van der Waals surface area contributed by atoms with Crippen LogP contribution >= 0.6 is 34.5 Å². The highest BCUT2D eigenvalue weighted by Crippen LogP contribution is 2.37. The van der Waals surface area contributed by atoms with Crippen LogP contribution in [0.4, 0.5) is 0 Å². The summed E-state index contributed by atoms with van der Waals surface area (Å²) in [7, 11) is 0. The third kappa shape index (κ3) is 6.53. The van der Waals surface area contributed by atoms with E-state index in [0.717, 1.165) is 10.1 Å². The highest BCUT2D eigenvalue weighted by atomic mass is 35.5. The molecule has 4 N–H and O–H groups in total. The minimum atomic E-state index is -1.20. The first kappa shape index (κ1) is 27.6. The lowest BCUT2D eigenvalue weighted by Gasteiger charge is -2.31. The molecule has 11 heteroatoms. The molecule has 1 aliphatic heterocycles. The summed E-state index contributed by atoms with van der Waals surface area (Å²) < 4.78 is 0.900. The van der Waals surface area contributed by atoms with E-state index in [1.807, 2.05) is 23.6 Å². The number of rotatable bonds is 8. The van der Waals surface area contributed by atoms with E-state index in [9.17, 15) is 19.5 Å². The fourth-order valence-electron chi connectivity index (χ4n) is 4.18. The van der Waals surface area contributed by atoms with Crippen LogP contribution < -0.4 is 11.1 Å². The van der Waals surface area contributed by atoms with Crippen LogP contribution in [-0.4, -0.2) is 59.3 Å². The van der Waals surface area contributed by atoms with Crippen molar-refractivity contribution < 1.29 is 19.5 Å². The molecule has 0 saturated carbocycles. The van der Waals surface area contributed by atoms with E-state index in [-0.39, 0.29) is 24.2 Å². The van der Waals surface area contributed by atoms with Crippen molar-refractivity contribution in [2.75, 3.05) is 19.6 Å². The van der Waals surface area contributed by atoms with E-state index in [4.69, 9.17) is 28.9 Å². The SMILES string of the molecule is NC(=NC[C@H](NC(=O)C1CCN(C(=O)/C=C/c2cc3ccsc3c(Cl)c2Cl)CC1)C(=O)O)c1ccccc1. The summed E-state index contributed by atoms with van der Waals surface area (Å²) in [6, 6.07) is 11.6. The molecule has 4 rings (SSSR count). The Kier molecular flexibility index (Phi) is 9.04. The Morgan fingerprint density at radius 3 is 2.55 bits per heavy atom. The standard InChI is InChI=1S/C27H26Cl2N4O4S/c28-22-18(14-19-10-13-38-24(19)23(22)29)6-7-21(34)33-11-8-17(9-12-33)26(35)32-20(27(36)37)15-31-25(30)16-4-2-1-3-5-16/h1-7,10,13-14,17,20H,8-9,11-12,15H2,(H2,30,31)(H,32,35)(H,36,37)/b7-6+/t20-/m0/s1. The van der Waals surface area contributed by atoms with Gasteiger partial charge in [-0.2, -0.15) is 0 Å². The zero-order valence-electron chi connectivity index (χ0n) is 20.3. The van der Waals surface area contributed by atoms with Gasteiger partial charge < -0.3 is 21.1 Å². The molecule has 1 saturated heterocycles. The van der Waals surface area contributed by atoms with Crippen LogP contribution in [0.3, 0.4) is 0 Å². The number of amidine groups is 1.